The summed E-state index contributed by atoms with van der Waals surface area (Å²) in [5.41, 5.74) is 10.5. The van der Waals surface area contributed by atoms with E-state index in [9.17, 15) is 0 Å². The molecule has 1 unspecified atom stereocenters. The third kappa shape index (κ3) is 5.90. The van der Waals surface area contributed by atoms with Gasteiger partial charge in [-0.1, -0.05) is 30.9 Å². The molecule has 7 heteroatoms. The summed E-state index contributed by atoms with van der Waals surface area (Å²) in [5.74, 6) is 1.14. The van der Waals surface area contributed by atoms with Gasteiger partial charge in [0.05, 0.1) is 11.7 Å². The number of anilines is 1. The molecular formula is C33H47N7. The molecule has 2 aromatic heterocycles. The summed E-state index contributed by atoms with van der Waals surface area (Å²) >= 11 is 0. The Kier molecular flexibility index (Phi) is 8.50. The molecule has 1 N–H and O–H groups in total. The fourth-order valence-corrected chi connectivity index (χ4v) is 6.33. The first-order valence-corrected chi connectivity index (χ1v) is 14.9. The second-order valence-electron chi connectivity index (χ2n) is 12.0. The van der Waals surface area contributed by atoms with Gasteiger partial charge in [-0.3, -0.25) is 0 Å². The van der Waals surface area contributed by atoms with Crippen LogP contribution in [0.2, 0.25) is 0 Å². The highest BCUT2D eigenvalue weighted by Crippen LogP contribution is 2.38. The highest BCUT2D eigenvalue weighted by molar-refractivity contribution is 5.67. The molecular weight excluding hydrogens is 494 g/mol. The normalized spacial score (nSPS) is 18.8. The number of likely N-dealkylation sites (N-methyl/N-ethyl adjacent to an activating group) is 1. The van der Waals surface area contributed by atoms with E-state index in [2.05, 4.69) is 96.9 Å². The fourth-order valence-electron chi connectivity index (χ4n) is 6.33. The minimum atomic E-state index is 0.191. The van der Waals surface area contributed by atoms with E-state index >= 15 is 0 Å². The van der Waals surface area contributed by atoms with Crippen LogP contribution in [0.25, 0.3) is 11.3 Å². The van der Waals surface area contributed by atoms with E-state index in [1.165, 1.54) is 40.8 Å². The molecule has 2 aliphatic rings. The lowest BCUT2D eigenvalue weighted by atomic mass is 9.93. The van der Waals surface area contributed by atoms with Gasteiger partial charge in [-0.2, -0.15) is 9.61 Å². The summed E-state index contributed by atoms with van der Waals surface area (Å²) in [7, 11) is 6.44. The number of rotatable bonds is 4. The van der Waals surface area contributed by atoms with Crippen LogP contribution in [-0.2, 0) is 12.8 Å². The molecule has 5 rings (SSSR count). The van der Waals surface area contributed by atoms with Gasteiger partial charge in [-0.15, -0.1) is 0 Å². The van der Waals surface area contributed by atoms with Gasteiger partial charge in [0.15, 0.2) is 5.65 Å². The number of piperidine rings is 1. The van der Waals surface area contributed by atoms with Crippen LogP contribution in [0.1, 0.15) is 71.8 Å². The molecule has 1 fully saturated rings. The van der Waals surface area contributed by atoms with Crippen LogP contribution < -0.4 is 10.2 Å². The Hall–Kier alpha value is -3.32. The van der Waals surface area contributed by atoms with Crippen molar-refractivity contribution in [2.45, 2.75) is 64.8 Å². The van der Waals surface area contributed by atoms with Crippen molar-refractivity contribution in [2.24, 2.45) is 0 Å². The molecule has 0 spiro atoms. The van der Waals surface area contributed by atoms with Crippen molar-refractivity contribution < 1.29 is 0 Å². The Labute approximate surface area is 240 Å². The molecule has 0 amide bonds. The van der Waals surface area contributed by atoms with Crippen molar-refractivity contribution in [3.63, 3.8) is 0 Å². The van der Waals surface area contributed by atoms with E-state index in [-0.39, 0.29) is 6.04 Å². The van der Waals surface area contributed by atoms with Gasteiger partial charge in [0.2, 0.25) is 0 Å². The molecule has 0 saturated carbocycles. The van der Waals surface area contributed by atoms with Crippen LogP contribution >= 0.6 is 0 Å². The molecule has 3 aromatic rings. The lowest BCUT2D eigenvalue weighted by Crippen LogP contribution is -2.33. The Balaban J connectivity index is 1.62. The van der Waals surface area contributed by atoms with Crippen LogP contribution in [0, 0.1) is 13.8 Å². The number of hydrogen-bond acceptors (Lipinski definition) is 6. The molecule has 1 atom stereocenters. The molecule has 0 aliphatic carbocycles. The van der Waals surface area contributed by atoms with Crippen LogP contribution in [0.3, 0.4) is 0 Å². The standard InChI is InChI=1S/C33H47N7/c1-23-13-15-27-16-14-24(2)34-17-20-38(7)33-25(3)29(11-10-18-37(5)6)35-32-22-30(36-40(32)33)31-12-8-9-19-39(31)26(4)28(27)21-23/h13,15,21-22,31,34H,2,4,8-12,14,16-20H2,1,3,5-7H3. The average Bonchev–Trinajstić information content (AvgIpc) is 3.34. The SMILES string of the molecule is C=C1CCc2ccc(C)cc2C(=C)N2CCCCC2c2cc3nc(CCCN(C)C)c(C)c(n3n2)N(C)CCN1. The van der Waals surface area contributed by atoms with Gasteiger partial charge < -0.3 is 20.0 Å². The minimum absolute atomic E-state index is 0.191. The van der Waals surface area contributed by atoms with Crippen molar-refractivity contribution in [2.75, 3.05) is 52.2 Å². The van der Waals surface area contributed by atoms with Crippen molar-refractivity contribution in [1.29, 1.82) is 0 Å². The summed E-state index contributed by atoms with van der Waals surface area (Å²) in [4.78, 5) is 12.3. The summed E-state index contributed by atoms with van der Waals surface area (Å²) in [5, 5.41) is 8.86. The molecule has 4 heterocycles. The number of nitrogens with zero attached hydrogens (tertiary/aromatic N) is 6. The quantitative estimate of drug-likeness (QED) is 0.469. The van der Waals surface area contributed by atoms with Crippen molar-refractivity contribution in [3.8, 4) is 0 Å². The number of aryl methyl sites for hydroxylation is 3. The third-order valence-corrected chi connectivity index (χ3v) is 8.59. The highest BCUT2D eigenvalue weighted by atomic mass is 15.4. The van der Waals surface area contributed by atoms with Gasteiger partial charge in [-0.25, -0.2) is 4.98 Å². The van der Waals surface area contributed by atoms with Crippen molar-refractivity contribution >= 4 is 17.2 Å². The summed E-state index contributed by atoms with van der Waals surface area (Å²) in [6, 6.07) is 9.23. The van der Waals surface area contributed by atoms with Crippen LogP contribution in [0.4, 0.5) is 5.82 Å². The van der Waals surface area contributed by atoms with Crippen LogP contribution in [0.5, 0.6) is 0 Å². The van der Waals surface area contributed by atoms with E-state index in [0.717, 1.165) is 86.8 Å². The second kappa shape index (κ2) is 12.0. The van der Waals surface area contributed by atoms with Crippen LogP contribution in [0.15, 0.2) is 43.1 Å². The number of aromatic nitrogens is 3. The predicted octanol–water partition coefficient (Wildman–Crippen LogP) is 5.52. The third-order valence-electron chi connectivity index (χ3n) is 8.59. The number of hydrogen-bond donors (Lipinski definition) is 1. The zero-order valence-corrected chi connectivity index (χ0v) is 25.3. The molecule has 1 aromatic carbocycles. The predicted molar refractivity (Wildman–Crippen MR) is 167 cm³/mol. The number of nitrogens with one attached hydrogen (secondary N) is 1. The smallest absolute Gasteiger partial charge is 0.157 e. The first-order chi connectivity index (χ1) is 19.2. The maximum atomic E-state index is 5.27. The largest absolute Gasteiger partial charge is 0.387 e. The topological polar surface area (TPSA) is 51.9 Å². The molecule has 7 nitrogen and oxygen atoms in total. The second-order valence-corrected chi connectivity index (χ2v) is 12.0. The number of fused-ring (bicyclic) bond motifs is 4. The van der Waals surface area contributed by atoms with Crippen LogP contribution in [-0.4, -0.2) is 71.7 Å². The van der Waals surface area contributed by atoms with E-state index in [0.29, 0.717) is 0 Å². The molecule has 214 valence electrons. The summed E-state index contributed by atoms with van der Waals surface area (Å²) < 4.78 is 2.09. The van der Waals surface area contributed by atoms with Gasteiger partial charge in [-0.05, 0) is 91.1 Å². The van der Waals surface area contributed by atoms with Gasteiger partial charge >= 0.3 is 0 Å². The Morgan fingerprint density at radius 2 is 1.90 bits per heavy atom. The van der Waals surface area contributed by atoms with Crippen molar-refractivity contribution in [1.82, 2.24) is 29.7 Å². The average molecular weight is 542 g/mol. The van der Waals surface area contributed by atoms with E-state index in [1.54, 1.807) is 0 Å². The zero-order valence-electron chi connectivity index (χ0n) is 25.3. The maximum absolute atomic E-state index is 5.27. The van der Waals surface area contributed by atoms with Crippen molar-refractivity contribution in [3.05, 3.63) is 76.8 Å². The molecule has 40 heavy (non-hydrogen) atoms. The minimum Gasteiger partial charge on any atom is -0.387 e. The maximum Gasteiger partial charge on any atom is 0.157 e. The molecule has 0 radical (unpaired) electrons. The first kappa shape index (κ1) is 28.2. The Bertz CT molecular complexity index is 1390. The summed E-state index contributed by atoms with van der Waals surface area (Å²) in [6.45, 7) is 17.1. The molecule has 2 aliphatic heterocycles. The first-order valence-electron chi connectivity index (χ1n) is 14.9. The highest BCUT2D eigenvalue weighted by Gasteiger charge is 2.30. The molecule has 2 bridgehead atoms. The Morgan fingerprint density at radius 3 is 2.70 bits per heavy atom. The van der Waals surface area contributed by atoms with E-state index in [4.69, 9.17) is 10.1 Å². The van der Waals surface area contributed by atoms with Gasteiger partial charge in [0.25, 0.3) is 0 Å². The van der Waals surface area contributed by atoms with Gasteiger partial charge in [0.1, 0.15) is 5.82 Å². The lowest BCUT2D eigenvalue weighted by Gasteiger charge is -2.38. The molecule has 1 saturated heterocycles. The van der Waals surface area contributed by atoms with E-state index in [1.807, 2.05) is 0 Å². The zero-order chi connectivity index (χ0) is 28.4. The van der Waals surface area contributed by atoms with E-state index < -0.39 is 0 Å². The monoisotopic (exact) mass is 541 g/mol. The fraction of sp³-hybridized carbons (Fsp3) is 0.515. The van der Waals surface area contributed by atoms with Gasteiger partial charge in [0, 0.05) is 61.0 Å². The lowest BCUT2D eigenvalue weighted by molar-refractivity contribution is 0.226. The summed E-state index contributed by atoms with van der Waals surface area (Å²) in [6.07, 6.45) is 7.34. The number of allylic oxidation sites excluding steroid dienone is 1. The Morgan fingerprint density at radius 1 is 1.07 bits per heavy atom. The number of benzene rings is 1.